The van der Waals surface area contributed by atoms with Crippen molar-refractivity contribution >= 4 is 30.7 Å². The summed E-state index contributed by atoms with van der Waals surface area (Å²) in [5, 5.41) is 0. The number of carbonyl (C=O) groups is 1. The molecule has 0 spiro atoms. The van der Waals surface area contributed by atoms with Crippen LogP contribution in [0.5, 0.6) is 0 Å². The number of likely N-dealkylation sites (tertiary alicyclic amines) is 1. The first-order valence-electron chi connectivity index (χ1n) is 9.54. The number of hydrogen-bond donors (Lipinski definition) is 1. The van der Waals surface area contributed by atoms with Gasteiger partial charge in [-0.25, -0.2) is 0 Å². The number of nitrogens with two attached hydrogens (primary N) is 1. The maximum absolute atomic E-state index is 12.7. The summed E-state index contributed by atoms with van der Waals surface area (Å²) in [4.78, 5) is 16.0. The summed E-state index contributed by atoms with van der Waals surface area (Å²) in [7, 11) is 0. The lowest BCUT2D eigenvalue weighted by atomic mass is 9.71. The van der Waals surface area contributed by atoms with Crippen LogP contribution in [0.2, 0.25) is 0 Å². The van der Waals surface area contributed by atoms with Gasteiger partial charge >= 0.3 is 6.18 Å². The van der Waals surface area contributed by atoms with Gasteiger partial charge in [0, 0.05) is 26.1 Å². The number of rotatable bonds is 7. The second-order valence-corrected chi connectivity index (χ2v) is 7.88. The largest absolute Gasteiger partial charge is 0.401 e. The molecule has 1 heterocycles. The molecule has 0 aromatic heterocycles. The molecule has 162 valence electrons. The third-order valence-electron chi connectivity index (χ3n) is 5.88. The van der Waals surface area contributed by atoms with Gasteiger partial charge in [0.25, 0.3) is 0 Å². The Hall–Kier alpha value is -0.240. The van der Waals surface area contributed by atoms with Crippen LogP contribution in [0.25, 0.3) is 0 Å². The van der Waals surface area contributed by atoms with Gasteiger partial charge in [0.1, 0.15) is 0 Å². The lowest BCUT2D eigenvalue weighted by Crippen LogP contribution is -2.41. The normalized spacial score (nSPS) is 22.3. The van der Waals surface area contributed by atoms with Crippen molar-refractivity contribution in [2.75, 3.05) is 39.3 Å². The van der Waals surface area contributed by atoms with Gasteiger partial charge in [-0.15, -0.1) is 24.8 Å². The van der Waals surface area contributed by atoms with Gasteiger partial charge in [-0.05, 0) is 43.7 Å². The molecular weight excluding hydrogens is 402 g/mol. The van der Waals surface area contributed by atoms with E-state index in [1.807, 2.05) is 4.90 Å². The molecule has 1 atom stereocenters. The van der Waals surface area contributed by atoms with E-state index in [1.54, 1.807) is 6.92 Å². The highest BCUT2D eigenvalue weighted by Gasteiger charge is 2.37. The Balaban J connectivity index is 0.00000338. The fourth-order valence-corrected chi connectivity index (χ4v) is 4.32. The molecule has 1 aliphatic carbocycles. The molecule has 1 saturated heterocycles. The first-order chi connectivity index (χ1) is 11.8. The average molecular weight is 436 g/mol. The van der Waals surface area contributed by atoms with E-state index in [0.29, 0.717) is 39.1 Å². The first kappa shape index (κ1) is 26.8. The second kappa shape index (κ2) is 11.7. The van der Waals surface area contributed by atoms with Crippen LogP contribution in [0.15, 0.2) is 0 Å². The SMILES string of the molecule is CCN(CC1CCN(C(=O)CC2(CN)CCCCC2)C1)CC(F)(F)F.Cl.Cl. The van der Waals surface area contributed by atoms with Crippen LogP contribution in [0.1, 0.15) is 51.9 Å². The van der Waals surface area contributed by atoms with E-state index in [4.69, 9.17) is 5.73 Å². The monoisotopic (exact) mass is 435 g/mol. The molecule has 0 aromatic carbocycles. The predicted octanol–water partition coefficient (Wildman–Crippen LogP) is 3.86. The van der Waals surface area contributed by atoms with Crippen molar-refractivity contribution in [2.45, 2.75) is 58.0 Å². The van der Waals surface area contributed by atoms with Gasteiger partial charge in [-0.2, -0.15) is 13.2 Å². The zero-order valence-corrected chi connectivity index (χ0v) is 17.7. The van der Waals surface area contributed by atoms with Crippen molar-refractivity contribution in [3.63, 3.8) is 0 Å². The van der Waals surface area contributed by atoms with Crippen LogP contribution < -0.4 is 5.73 Å². The fourth-order valence-electron chi connectivity index (χ4n) is 4.32. The van der Waals surface area contributed by atoms with E-state index in [0.717, 1.165) is 32.1 Å². The molecule has 27 heavy (non-hydrogen) atoms. The Labute approximate surface area is 173 Å². The second-order valence-electron chi connectivity index (χ2n) is 7.88. The number of carbonyl (C=O) groups excluding carboxylic acids is 1. The van der Waals surface area contributed by atoms with Crippen molar-refractivity contribution < 1.29 is 18.0 Å². The van der Waals surface area contributed by atoms with Crippen molar-refractivity contribution in [3.05, 3.63) is 0 Å². The zero-order valence-electron chi connectivity index (χ0n) is 16.1. The summed E-state index contributed by atoms with van der Waals surface area (Å²) in [6, 6.07) is 0. The molecule has 1 unspecified atom stereocenters. The molecule has 0 bridgehead atoms. The summed E-state index contributed by atoms with van der Waals surface area (Å²) >= 11 is 0. The van der Waals surface area contributed by atoms with Crippen LogP contribution in [0.3, 0.4) is 0 Å². The molecule has 9 heteroatoms. The Morgan fingerprint density at radius 1 is 1.22 bits per heavy atom. The Bertz CT molecular complexity index is 446. The summed E-state index contributed by atoms with van der Waals surface area (Å²) in [6.07, 6.45) is 2.63. The molecular formula is C18H34Cl2F3N3O. The van der Waals surface area contributed by atoms with E-state index in [2.05, 4.69) is 0 Å². The summed E-state index contributed by atoms with van der Waals surface area (Å²) in [5.74, 6) is 0.264. The third-order valence-corrected chi connectivity index (χ3v) is 5.88. The predicted molar refractivity (Wildman–Crippen MR) is 107 cm³/mol. The maximum Gasteiger partial charge on any atom is 0.401 e. The topological polar surface area (TPSA) is 49.6 Å². The molecule has 1 aliphatic heterocycles. The van der Waals surface area contributed by atoms with E-state index < -0.39 is 12.7 Å². The molecule has 2 rings (SSSR count). The number of halogens is 5. The van der Waals surface area contributed by atoms with Crippen LogP contribution in [0, 0.1) is 11.3 Å². The summed E-state index contributed by atoms with van der Waals surface area (Å²) < 4.78 is 37.8. The Morgan fingerprint density at radius 3 is 2.37 bits per heavy atom. The minimum Gasteiger partial charge on any atom is -0.342 e. The maximum atomic E-state index is 12.7. The van der Waals surface area contributed by atoms with Gasteiger partial charge in [0.05, 0.1) is 6.54 Å². The molecule has 1 amide bonds. The molecule has 0 aromatic rings. The quantitative estimate of drug-likeness (QED) is 0.660. The van der Waals surface area contributed by atoms with Crippen molar-refractivity contribution in [1.82, 2.24) is 9.80 Å². The van der Waals surface area contributed by atoms with Crippen molar-refractivity contribution in [3.8, 4) is 0 Å². The Kier molecular flexibility index (Phi) is 11.6. The van der Waals surface area contributed by atoms with Crippen molar-refractivity contribution in [2.24, 2.45) is 17.1 Å². The molecule has 2 fully saturated rings. The van der Waals surface area contributed by atoms with Crippen molar-refractivity contribution in [1.29, 1.82) is 0 Å². The van der Waals surface area contributed by atoms with Gasteiger partial charge in [-0.1, -0.05) is 26.2 Å². The highest BCUT2D eigenvalue weighted by Crippen LogP contribution is 2.39. The third kappa shape index (κ3) is 8.34. The molecule has 2 aliphatic rings. The molecule has 4 nitrogen and oxygen atoms in total. The lowest BCUT2D eigenvalue weighted by molar-refractivity contribution is -0.147. The van der Waals surface area contributed by atoms with E-state index in [-0.39, 0.29) is 42.1 Å². The van der Waals surface area contributed by atoms with Crippen LogP contribution in [-0.2, 0) is 4.79 Å². The average Bonchev–Trinajstić information content (AvgIpc) is 3.02. The smallest absolute Gasteiger partial charge is 0.342 e. The van der Waals surface area contributed by atoms with Gasteiger partial charge in [0.15, 0.2) is 0 Å². The molecule has 1 saturated carbocycles. The summed E-state index contributed by atoms with van der Waals surface area (Å²) in [6.45, 7) is 3.44. The Morgan fingerprint density at radius 2 is 1.85 bits per heavy atom. The summed E-state index contributed by atoms with van der Waals surface area (Å²) in [5.41, 5.74) is 5.91. The van der Waals surface area contributed by atoms with Crippen LogP contribution >= 0.6 is 24.8 Å². The minimum absolute atomic E-state index is 0. The highest BCUT2D eigenvalue weighted by atomic mass is 35.5. The number of alkyl halides is 3. The molecule has 0 radical (unpaired) electrons. The zero-order chi connectivity index (χ0) is 18.5. The molecule has 2 N–H and O–H groups in total. The van der Waals surface area contributed by atoms with E-state index >= 15 is 0 Å². The van der Waals surface area contributed by atoms with E-state index in [1.165, 1.54) is 11.3 Å². The number of hydrogen-bond acceptors (Lipinski definition) is 3. The fraction of sp³-hybridized carbons (Fsp3) is 0.944. The van der Waals surface area contributed by atoms with E-state index in [9.17, 15) is 18.0 Å². The first-order valence-corrected chi connectivity index (χ1v) is 9.54. The number of nitrogens with zero attached hydrogens (tertiary/aromatic N) is 2. The number of amides is 1. The standard InChI is InChI=1S/C18H32F3N3O.2ClH/c1-2-23(14-18(19,20)21)11-15-6-9-24(12-15)16(25)10-17(13-22)7-4-3-5-8-17;;/h15H,2-14,22H2,1H3;2*1H. The van der Waals surface area contributed by atoms with Gasteiger partial charge in [-0.3, -0.25) is 9.69 Å². The minimum atomic E-state index is -4.17. The lowest BCUT2D eigenvalue weighted by Gasteiger charge is -2.36. The van der Waals surface area contributed by atoms with Gasteiger partial charge < -0.3 is 10.6 Å². The van der Waals surface area contributed by atoms with Gasteiger partial charge in [0.2, 0.25) is 5.91 Å². The van der Waals surface area contributed by atoms with Crippen LogP contribution in [0.4, 0.5) is 13.2 Å². The highest BCUT2D eigenvalue weighted by molar-refractivity contribution is 5.85. The van der Waals surface area contributed by atoms with Crippen LogP contribution in [-0.4, -0.2) is 61.2 Å².